The number of methoxy groups -OCH3 is 1. The Morgan fingerprint density at radius 2 is 1.41 bits per heavy atom. The van der Waals surface area contributed by atoms with Crippen LogP contribution in [-0.2, 0) is 40.6 Å². The number of aliphatic hydroxyl groups is 1. The van der Waals surface area contributed by atoms with Crippen LogP contribution in [0.5, 0.6) is 11.5 Å². The van der Waals surface area contributed by atoms with Crippen LogP contribution in [0.15, 0.2) is 122 Å². The predicted octanol–water partition coefficient (Wildman–Crippen LogP) is 9.34. The van der Waals surface area contributed by atoms with Crippen LogP contribution in [0, 0.1) is 0 Å². The molecule has 4 rings (SSSR count). The van der Waals surface area contributed by atoms with Crippen molar-refractivity contribution < 1.29 is 33.6 Å². The minimum atomic E-state index is -1.84. The molecule has 0 saturated heterocycles. The van der Waals surface area contributed by atoms with Crippen molar-refractivity contribution >= 4 is 46.6 Å². The number of aliphatic hydroxyl groups excluding tert-OH is 1. The molecule has 11 heteroatoms. The predicted molar refractivity (Wildman–Crippen MR) is 203 cm³/mol. The van der Waals surface area contributed by atoms with Gasteiger partial charge in [-0.3, -0.25) is 4.90 Å². The van der Waals surface area contributed by atoms with E-state index in [0.29, 0.717) is 29.2 Å². The maximum Gasteiger partial charge on any atom is 0.414 e. The topological polar surface area (TPSA) is 86.7 Å². The number of carbonyl (C=O) groups is 1. The van der Waals surface area contributed by atoms with E-state index in [0.717, 1.165) is 22.4 Å². The third kappa shape index (κ3) is 12.6. The fourth-order valence-corrected chi connectivity index (χ4v) is 5.39. The fraction of sp³-hybridized carbons (Fsp3) is 0.275. The average Bonchev–Trinajstić information content (AvgIpc) is 3.14. The van der Waals surface area contributed by atoms with E-state index < -0.39 is 28.5 Å². The Kier molecular flexibility index (Phi) is 15.7. The van der Waals surface area contributed by atoms with Crippen LogP contribution in [0.1, 0.15) is 33.7 Å². The van der Waals surface area contributed by atoms with Crippen molar-refractivity contribution in [3.63, 3.8) is 0 Å². The number of amides is 1. The molecule has 2 atom stereocenters. The molecule has 1 amide bonds. The third-order valence-corrected chi connectivity index (χ3v) is 8.06. The van der Waals surface area contributed by atoms with E-state index in [2.05, 4.69) is 13.2 Å². The van der Waals surface area contributed by atoms with Gasteiger partial charge in [-0.05, 0) is 46.5 Å². The summed E-state index contributed by atoms with van der Waals surface area (Å²) < 4.78 is 27.7. The van der Waals surface area contributed by atoms with Crippen LogP contribution >= 0.6 is 34.8 Å². The number of hydrogen-bond donors (Lipinski definition) is 1. The van der Waals surface area contributed by atoms with Gasteiger partial charge in [0.2, 0.25) is 3.79 Å². The Labute approximate surface area is 314 Å². The lowest BCUT2D eigenvalue weighted by atomic mass is 9.89. The molecule has 0 radical (unpaired) electrons. The van der Waals surface area contributed by atoms with Gasteiger partial charge in [0, 0.05) is 18.0 Å². The number of ether oxygens (including phenoxy) is 5. The van der Waals surface area contributed by atoms with Crippen molar-refractivity contribution in [2.24, 2.45) is 0 Å². The molecule has 270 valence electrons. The smallest absolute Gasteiger partial charge is 0.414 e. The first-order valence-electron chi connectivity index (χ1n) is 16.2. The Balaban J connectivity index is 1.80. The van der Waals surface area contributed by atoms with Crippen LogP contribution in [-0.4, -0.2) is 48.0 Å². The van der Waals surface area contributed by atoms with Crippen LogP contribution < -0.4 is 14.4 Å². The van der Waals surface area contributed by atoms with Gasteiger partial charge >= 0.3 is 6.09 Å². The summed E-state index contributed by atoms with van der Waals surface area (Å²) in [6, 6.07) is 30.5. The molecule has 0 spiro atoms. The average molecular weight is 755 g/mol. The molecule has 0 aliphatic carbocycles. The Bertz CT molecular complexity index is 1680. The second-order valence-electron chi connectivity index (χ2n) is 11.5. The van der Waals surface area contributed by atoms with Crippen LogP contribution in [0.2, 0.25) is 0 Å². The number of hydrogen-bond acceptors (Lipinski definition) is 7. The van der Waals surface area contributed by atoms with E-state index in [1.165, 1.54) is 11.0 Å². The van der Waals surface area contributed by atoms with Crippen LogP contribution in [0.3, 0.4) is 0 Å². The molecule has 51 heavy (non-hydrogen) atoms. The highest BCUT2D eigenvalue weighted by Crippen LogP contribution is 2.41. The van der Waals surface area contributed by atoms with Crippen molar-refractivity contribution in [3.8, 4) is 11.5 Å². The minimum absolute atomic E-state index is 0.0156. The van der Waals surface area contributed by atoms with E-state index in [4.69, 9.17) is 58.5 Å². The van der Waals surface area contributed by atoms with Crippen molar-refractivity contribution in [3.05, 3.63) is 150 Å². The molecule has 0 bridgehead atoms. The van der Waals surface area contributed by atoms with Gasteiger partial charge in [0.15, 0.2) is 0 Å². The molecule has 4 aromatic carbocycles. The van der Waals surface area contributed by atoms with Gasteiger partial charge in [-0.25, -0.2) is 4.79 Å². The summed E-state index contributed by atoms with van der Waals surface area (Å²) >= 11 is 17.8. The first-order valence-corrected chi connectivity index (χ1v) is 17.3. The summed E-state index contributed by atoms with van der Waals surface area (Å²) in [5, 5.41) is 11.5. The monoisotopic (exact) mass is 753 g/mol. The largest absolute Gasteiger partial charge is 0.497 e. The van der Waals surface area contributed by atoms with Gasteiger partial charge in [-0.1, -0.05) is 120 Å². The van der Waals surface area contributed by atoms with Crippen molar-refractivity contribution in [1.82, 2.24) is 0 Å². The zero-order valence-electron chi connectivity index (χ0n) is 28.4. The SMILES string of the molecule is C=CCN(C(=O)OCC(Cl)(Cl)Cl)c1cc(COCc2ccccc2)cc(OCc2ccccc2)c1[C@H](COCc1ccc(OC)cc1)[C@@H](O)C=C. The number of carbonyl (C=O) groups excluding carboxylic acids is 1. The molecule has 8 nitrogen and oxygen atoms in total. The highest BCUT2D eigenvalue weighted by atomic mass is 35.6. The molecule has 0 heterocycles. The van der Waals surface area contributed by atoms with Crippen molar-refractivity contribution in [2.45, 2.75) is 42.2 Å². The summed E-state index contributed by atoms with van der Waals surface area (Å²) in [7, 11) is 1.60. The summed E-state index contributed by atoms with van der Waals surface area (Å²) in [6.45, 7) is 8.24. The number of anilines is 1. The van der Waals surface area contributed by atoms with E-state index in [-0.39, 0.29) is 33.0 Å². The molecule has 0 unspecified atom stereocenters. The third-order valence-electron chi connectivity index (χ3n) is 7.73. The van der Waals surface area contributed by atoms with Gasteiger partial charge in [-0.15, -0.1) is 13.2 Å². The lowest BCUT2D eigenvalue weighted by Gasteiger charge is -2.31. The quantitative estimate of drug-likeness (QED) is 0.0755. The van der Waals surface area contributed by atoms with Gasteiger partial charge < -0.3 is 28.8 Å². The molecule has 0 fully saturated rings. The molecule has 0 aliphatic heterocycles. The summed E-state index contributed by atoms with van der Waals surface area (Å²) in [6.07, 6.45) is 1.05. The minimum Gasteiger partial charge on any atom is -0.497 e. The summed E-state index contributed by atoms with van der Waals surface area (Å²) in [5.41, 5.74) is 4.36. The maximum atomic E-state index is 13.7. The molecule has 0 aliphatic rings. The number of halogens is 3. The normalized spacial score (nSPS) is 12.4. The Hall–Kier alpha value is -4.02. The lowest BCUT2D eigenvalue weighted by molar-refractivity contribution is 0.0681. The standard InChI is InChI=1S/C40H42Cl3NO7/c1-4-20-44(39(46)51-28-40(41,42)43)35-21-32(25-48-23-29-12-8-6-9-13-29)22-37(50-26-30-14-10-7-11-15-30)38(35)34(36(45)5-2)27-49-24-31-16-18-33(47-3)19-17-31/h4-19,21-22,34,36,45H,1-2,20,23-28H2,3H3/t34-,36+/m1/s1. The Morgan fingerprint density at radius 3 is 2.00 bits per heavy atom. The first-order chi connectivity index (χ1) is 24.6. The molecule has 0 saturated carbocycles. The molecule has 4 aromatic rings. The number of benzene rings is 4. The number of rotatable bonds is 19. The van der Waals surface area contributed by atoms with E-state index in [1.54, 1.807) is 19.3 Å². The molecular weight excluding hydrogens is 713 g/mol. The summed E-state index contributed by atoms with van der Waals surface area (Å²) in [5.74, 6) is 0.367. The second kappa shape index (κ2) is 20.1. The van der Waals surface area contributed by atoms with Crippen LogP contribution in [0.25, 0.3) is 0 Å². The first kappa shape index (κ1) is 39.8. The molecule has 0 aromatic heterocycles. The van der Waals surface area contributed by atoms with Crippen molar-refractivity contribution in [2.75, 3.05) is 31.8 Å². The lowest BCUT2D eigenvalue weighted by Crippen LogP contribution is -2.36. The van der Waals surface area contributed by atoms with E-state index in [9.17, 15) is 9.90 Å². The zero-order chi connectivity index (χ0) is 36.6. The van der Waals surface area contributed by atoms with E-state index >= 15 is 0 Å². The van der Waals surface area contributed by atoms with Gasteiger partial charge in [0.25, 0.3) is 0 Å². The van der Waals surface area contributed by atoms with Gasteiger partial charge in [0.05, 0.1) is 45.3 Å². The second-order valence-corrected chi connectivity index (χ2v) is 14.1. The molecular formula is C40H42Cl3NO7. The fourth-order valence-electron chi connectivity index (χ4n) is 5.23. The highest BCUT2D eigenvalue weighted by molar-refractivity contribution is 6.67. The highest BCUT2D eigenvalue weighted by Gasteiger charge is 2.32. The molecule has 1 N–H and O–H groups in total. The number of alkyl halides is 3. The van der Waals surface area contributed by atoms with Crippen LogP contribution in [0.4, 0.5) is 10.5 Å². The van der Waals surface area contributed by atoms with E-state index in [1.807, 2.05) is 91.0 Å². The number of nitrogens with zero attached hydrogens (tertiary/aromatic N) is 1. The van der Waals surface area contributed by atoms with Crippen molar-refractivity contribution in [1.29, 1.82) is 0 Å². The Morgan fingerprint density at radius 1 is 0.824 bits per heavy atom. The zero-order valence-corrected chi connectivity index (χ0v) is 30.7. The van der Waals surface area contributed by atoms with Gasteiger partial charge in [0.1, 0.15) is 24.7 Å². The summed E-state index contributed by atoms with van der Waals surface area (Å²) in [4.78, 5) is 15.1. The maximum absolute atomic E-state index is 13.7. The van der Waals surface area contributed by atoms with Gasteiger partial charge in [-0.2, -0.15) is 0 Å².